The van der Waals surface area contributed by atoms with Crippen LogP contribution in [0.2, 0.25) is 0 Å². The van der Waals surface area contributed by atoms with Crippen molar-refractivity contribution in [3.8, 4) is 0 Å². The Morgan fingerprint density at radius 3 is 2.90 bits per heavy atom. The Bertz CT molecular complexity index is 566. The summed E-state index contributed by atoms with van der Waals surface area (Å²) in [5.41, 5.74) is 2.69. The van der Waals surface area contributed by atoms with Crippen LogP contribution in [0.4, 0.5) is 0 Å². The Hall–Kier alpha value is -0.340. The maximum absolute atomic E-state index is 4.01. The van der Waals surface area contributed by atoms with E-state index < -0.39 is 0 Å². The van der Waals surface area contributed by atoms with Gasteiger partial charge < -0.3 is 5.32 Å². The van der Waals surface area contributed by atoms with Crippen molar-refractivity contribution < 1.29 is 0 Å². The molecular formula is C18H22BrN. The summed E-state index contributed by atoms with van der Waals surface area (Å²) in [6, 6.07) is 8.66. The fourth-order valence-corrected chi connectivity index (χ4v) is 6.91. The molecule has 4 aliphatic rings. The lowest BCUT2D eigenvalue weighted by Gasteiger charge is -2.49. The van der Waals surface area contributed by atoms with Crippen molar-refractivity contribution >= 4 is 15.9 Å². The second kappa shape index (κ2) is 3.89. The molecule has 20 heavy (non-hydrogen) atoms. The summed E-state index contributed by atoms with van der Waals surface area (Å²) in [7, 11) is 0. The van der Waals surface area contributed by atoms with E-state index in [0.717, 1.165) is 29.7 Å². The molecule has 0 aromatic heterocycles. The monoisotopic (exact) mass is 331 g/mol. The van der Waals surface area contributed by atoms with Gasteiger partial charge in [0.1, 0.15) is 0 Å². The standard InChI is InChI=1S/C18H22BrN/c19-16-4-2-1-3-13(16)10-20-17-7-12-5-14-6-15(9-17)18(14,8-12)11-17/h1-4,12,14-15,20H,5-11H2. The molecule has 106 valence electrons. The Labute approximate surface area is 129 Å². The van der Waals surface area contributed by atoms with Crippen molar-refractivity contribution in [1.82, 2.24) is 5.32 Å². The maximum atomic E-state index is 4.01. The van der Waals surface area contributed by atoms with Crippen LogP contribution < -0.4 is 5.32 Å². The number of nitrogens with one attached hydrogen (secondary N) is 1. The van der Waals surface area contributed by atoms with Gasteiger partial charge in [0.05, 0.1) is 0 Å². The van der Waals surface area contributed by atoms with E-state index in [1.165, 1.54) is 29.3 Å². The van der Waals surface area contributed by atoms with E-state index in [0.29, 0.717) is 5.54 Å². The SMILES string of the molecule is Brc1ccccc1CNC12CC3CC4CC(C1)C4(C3)C2. The third-order valence-electron chi connectivity index (χ3n) is 7.08. The van der Waals surface area contributed by atoms with E-state index in [4.69, 9.17) is 0 Å². The summed E-state index contributed by atoms with van der Waals surface area (Å²) >= 11 is 3.69. The number of hydrogen-bond acceptors (Lipinski definition) is 1. The fraction of sp³-hybridized carbons (Fsp3) is 0.667. The predicted octanol–water partition coefficient (Wildman–Crippen LogP) is 4.51. The van der Waals surface area contributed by atoms with Crippen LogP contribution in [0.5, 0.6) is 0 Å². The molecule has 1 aromatic carbocycles. The Balaban J connectivity index is 1.39. The van der Waals surface area contributed by atoms with Gasteiger partial charge >= 0.3 is 0 Å². The largest absolute Gasteiger partial charge is 0.307 e. The average molecular weight is 332 g/mol. The van der Waals surface area contributed by atoms with Crippen molar-refractivity contribution in [1.29, 1.82) is 0 Å². The van der Waals surface area contributed by atoms with Crippen LogP contribution in [0.1, 0.15) is 44.1 Å². The van der Waals surface area contributed by atoms with E-state index >= 15 is 0 Å². The molecule has 2 heteroatoms. The zero-order valence-corrected chi connectivity index (χ0v) is 13.5. The molecule has 3 bridgehead atoms. The number of rotatable bonds is 3. The molecule has 1 nitrogen and oxygen atoms in total. The summed E-state index contributed by atoms with van der Waals surface area (Å²) in [5.74, 6) is 3.20. The van der Waals surface area contributed by atoms with Crippen LogP contribution >= 0.6 is 15.9 Å². The normalized spacial score (nSPS) is 47.4. The molecule has 0 saturated heterocycles. The van der Waals surface area contributed by atoms with Gasteiger partial charge in [-0.15, -0.1) is 0 Å². The zero-order valence-electron chi connectivity index (χ0n) is 11.9. The van der Waals surface area contributed by atoms with Crippen LogP contribution in [0, 0.1) is 23.2 Å². The molecular weight excluding hydrogens is 310 g/mol. The average Bonchev–Trinajstić information content (AvgIpc) is 2.74. The first-order valence-corrected chi connectivity index (χ1v) is 8.97. The van der Waals surface area contributed by atoms with Crippen molar-refractivity contribution in [3.05, 3.63) is 34.3 Å². The molecule has 4 fully saturated rings. The van der Waals surface area contributed by atoms with Crippen LogP contribution in [0.15, 0.2) is 28.7 Å². The quantitative estimate of drug-likeness (QED) is 0.859. The van der Waals surface area contributed by atoms with E-state index in [-0.39, 0.29) is 0 Å². The second-order valence-corrected chi connectivity index (χ2v) is 8.83. The molecule has 0 radical (unpaired) electrons. The molecule has 5 unspecified atom stereocenters. The van der Waals surface area contributed by atoms with Gasteiger partial charge in [-0.05, 0) is 73.3 Å². The molecule has 1 spiro atoms. The molecule has 0 aliphatic heterocycles. The zero-order chi connectivity index (χ0) is 13.4. The van der Waals surface area contributed by atoms with Crippen LogP contribution in [-0.2, 0) is 6.54 Å². The van der Waals surface area contributed by atoms with Crippen molar-refractivity contribution in [3.63, 3.8) is 0 Å². The summed E-state index contributed by atoms with van der Waals surface area (Å²) in [4.78, 5) is 0. The summed E-state index contributed by atoms with van der Waals surface area (Å²) < 4.78 is 1.25. The highest BCUT2D eigenvalue weighted by Crippen LogP contribution is 2.76. The minimum atomic E-state index is 0.480. The van der Waals surface area contributed by atoms with Crippen LogP contribution in [0.3, 0.4) is 0 Å². The summed E-state index contributed by atoms with van der Waals surface area (Å²) in [6.45, 7) is 1.03. The molecule has 0 amide bonds. The van der Waals surface area contributed by atoms with E-state index in [1.807, 2.05) is 0 Å². The molecule has 5 rings (SSSR count). The van der Waals surface area contributed by atoms with Gasteiger partial charge in [0.25, 0.3) is 0 Å². The molecule has 0 heterocycles. The molecule has 5 atom stereocenters. The predicted molar refractivity (Wildman–Crippen MR) is 84.3 cm³/mol. The van der Waals surface area contributed by atoms with E-state index in [9.17, 15) is 0 Å². The van der Waals surface area contributed by atoms with Gasteiger partial charge in [0.15, 0.2) is 0 Å². The summed E-state index contributed by atoms with van der Waals surface area (Å²) in [5, 5.41) is 4.01. The fourth-order valence-electron chi connectivity index (χ4n) is 6.49. The first-order valence-electron chi connectivity index (χ1n) is 8.18. The minimum Gasteiger partial charge on any atom is -0.307 e. The molecule has 1 N–H and O–H groups in total. The lowest BCUT2D eigenvalue weighted by Crippen LogP contribution is -2.47. The first-order chi connectivity index (χ1) is 9.69. The third kappa shape index (κ3) is 1.47. The molecule has 1 aromatic rings. The van der Waals surface area contributed by atoms with Crippen LogP contribution in [-0.4, -0.2) is 5.54 Å². The Morgan fingerprint density at radius 2 is 2.00 bits per heavy atom. The lowest BCUT2D eigenvalue weighted by molar-refractivity contribution is -0.000831. The lowest BCUT2D eigenvalue weighted by atomic mass is 9.56. The summed E-state index contributed by atoms with van der Waals surface area (Å²) in [6.07, 6.45) is 9.07. The second-order valence-electron chi connectivity index (χ2n) is 7.98. The third-order valence-corrected chi connectivity index (χ3v) is 7.85. The van der Waals surface area contributed by atoms with Crippen molar-refractivity contribution in [2.45, 2.75) is 50.6 Å². The number of fused-ring (bicyclic) bond motifs is 2. The Kier molecular flexibility index (Phi) is 2.38. The molecule has 4 saturated carbocycles. The van der Waals surface area contributed by atoms with Crippen molar-refractivity contribution in [2.24, 2.45) is 23.2 Å². The highest BCUT2D eigenvalue weighted by Gasteiger charge is 2.70. The minimum absolute atomic E-state index is 0.480. The Morgan fingerprint density at radius 1 is 1.10 bits per heavy atom. The van der Waals surface area contributed by atoms with Gasteiger partial charge in [0.2, 0.25) is 0 Å². The van der Waals surface area contributed by atoms with Crippen molar-refractivity contribution in [2.75, 3.05) is 0 Å². The van der Waals surface area contributed by atoms with Gasteiger partial charge in [-0.25, -0.2) is 0 Å². The highest BCUT2D eigenvalue weighted by molar-refractivity contribution is 9.10. The number of hydrogen-bond donors (Lipinski definition) is 1. The van der Waals surface area contributed by atoms with E-state index in [2.05, 4.69) is 45.5 Å². The molecule has 4 aliphatic carbocycles. The van der Waals surface area contributed by atoms with Gasteiger partial charge in [-0.3, -0.25) is 0 Å². The number of halogens is 1. The maximum Gasteiger partial charge on any atom is 0.0221 e. The van der Waals surface area contributed by atoms with Crippen LogP contribution in [0.25, 0.3) is 0 Å². The topological polar surface area (TPSA) is 12.0 Å². The first kappa shape index (κ1) is 12.2. The van der Waals surface area contributed by atoms with Gasteiger partial charge in [-0.1, -0.05) is 34.1 Å². The number of benzene rings is 1. The van der Waals surface area contributed by atoms with Gasteiger partial charge in [0, 0.05) is 16.6 Å². The smallest absolute Gasteiger partial charge is 0.0221 e. The van der Waals surface area contributed by atoms with E-state index in [1.54, 1.807) is 19.3 Å². The van der Waals surface area contributed by atoms with Gasteiger partial charge in [-0.2, -0.15) is 0 Å². The highest BCUT2D eigenvalue weighted by atomic mass is 79.9.